The molecule has 106 valence electrons. The Hall–Kier alpha value is -1.84. The van der Waals surface area contributed by atoms with Gasteiger partial charge in [-0.25, -0.2) is 0 Å². The molecule has 0 unspecified atom stereocenters. The van der Waals surface area contributed by atoms with Crippen LogP contribution in [0.15, 0.2) is 54.6 Å². The van der Waals surface area contributed by atoms with Crippen molar-refractivity contribution in [2.75, 3.05) is 13.7 Å². The summed E-state index contributed by atoms with van der Waals surface area (Å²) in [5, 5.41) is 12.7. The molecule has 0 saturated heterocycles. The van der Waals surface area contributed by atoms with Crippen molar-refractivity contribution in [3.05, 3.63) is 65.7 Å². The minimum atomic E-state index is 0.145. The normalized spacial score (nSPS) is 12.1. The van der Waals surface area contributed by atoms with Crippen LogP contribution in [0.4, 0.5) is 0 Å². The number of nitrogens with one attached hydrogen (secondary N) is 1. The molecule has 0 aliphatic heterocycles. The molecular formula is C17H21NO2. The molecule has 2 aromatic carbocycles. The van der Waals surface area contributed by atoms with Crippen LogP contribution >= 0.6 is 0 Å². The molecule has 2 N–H and O–H groups in total. The van der Waals surface area contributed by atoms with Gasteiger partial charge in [-0.1, -0.05) is 48.5 Å². The van der Waals surface area contributed by atoms with E-state index in [9.17, 15) is 5.11 Å². The lowest BCUT2D eigenvalue weighted by molar-refractivity contribution is 0.264. The third kappa shape index (κ3) is 3.83. The lowest BCUT2D eigenvalue weighted by Crippen LogP contribution is -2.22. The zero-order valence-corrected chi connectivity index (χ0v) is 11.8. The third-order valence-electron chi connectivity index (χ3n) is 3.35. The summed E-state index contributed by atoms with van der Waals surface area (Å²) in [6.07, 6.45) is 0.694. The van der Waals surface area contributed by atoms with Gasteiger partial charge in [-0.05, 0) is 18.1 Å². The summed E-state index contributed by atoms with van der Waals surface area (Å²) >= 11 is 0. The van der Waals surface area contributed by atoms with E-state index >= 15 is 0 Å². The molecule has 0 saturated carbocycles. The van der Waals surface area contributed by atoms with Crippen LogP contribution < -0.4 is 10.1 Å². The highest BCUT2D eigenvalue weighted by Crippen LogP contribution is 2.20. The van der Waals surface area contributed by atoms with Gasteiger partial charge in [0.05, 0.1) is 7.11 Å². The SMILES string of the molecule is COc1ccccc1CN[C@H](CCO)c1ccccc1. The van der Waals surface area contributed by atoms with E-state index in [0.29, 0.717) is 13.0 Å². The summed E-state index contributed by atoms with van der Waals surface area (Å²) < 4.78 is 5.35. The molecule has 3 heteroatoms. The summed E-state index contributed by atoms with van der Waals surface area (Å²) in [5.74, 6) is 0.885. The number of rotatable bonds is 7. The summed E-state index contributed by atoms with van der Waals surface area (Å²) in [7, 11) is 1.68. The molecule has 20 heavy (non-hydrogen) atoms. The maximum absolute atomic E-state index is 9.23. The van der Waals surface area contributed by atoms with E-state index in [2.05, 4.69) is 17.4 Å². The third-order valence-corrected chi connectivity index (χ3v) is 3.35. The van der Waals surface area contributed by atoms with Gasteiger partial charge in [0, 0.05) is 24.8 Å². The van der Waals surface area contributed by atoms with Crippen LogP contribution in [0.2, 0.25) is 0 Å². The number of methoxy groups -OCH3 is 1. The van der Waals surface area contributed by atoms with Crippen molar-refractivity contribution in [3.8, 4) is 5.75 Å². The minimum Gasteiger partial charge on any atom is -0.496 e. The molecule has 0 radical (unpaired) electrons. The van der Waals surface area contributed by atoms with Crippen molar-refractivity contribution in [2.24, 2.45) is 0 Å². The topological polar surface area (TPSA) is 41.5 Å². The van der Waals surface area contributed by atoms with Crippen LogP contribution in [0.1, 0.15) is 23.6 Å². The van der Waals surface area contributed by atoms with E-state index in [1.807, 2.05) is 42.5 Å². The molecule has 0 fully saturated rings. The fourth-order valence-electron chi connectivity index (χ4n) is 2.28. The second-order valence-corrected chi connectivity index (χ2v) is 4.67. The van der Waals surface area contributed by atoms with Gasteiger partial charge in [-0.15, -0.1) is 0 Å². The van der Waals surface area contributed by atoms with E-state index in [-0.39, 0.29) is 12.6 Å². The maximum atomic E-state index is 9.23. The molecule has 3 nitrogen and oxygen atoms in total. The number of aliphatic hydroxyl groups is 1. The van der Waals surface area contributed by atoms with Gasteiger partial charge in [0.25, 0.3) is 0 Å². The average molecular weight is 271 g/mol. The second kappa shape index (κ2) is 7.68. The highest BCUT2D eigenvalue weighted by Gasteiger charge is 2.11. The largest absolute Gasteiger partial charge is 0.496 e. The lowest BCUT2D eigenvalue weighted by atomic mass is 10.0. The molecule has 0 amide bonds. The predicted octanol–water partition coefficient (Wildman–Crippen LogP) is 2.91. The molecule has 0 aliphatic carbocycles. The molecule has 0 aliphatic rings. The van der Waals surface area contributed by atoms with Crippen LogP contribution in [-0.2, 0) is 6.54 Å². The summed E-state index contributed by atoms with van der Waals surface area (Å²) in [4.78, 5) is 0. The van der Waals surface area contributed by atoms with E-state index in [0.717, 1.165) is 11.3 Å². The molecule has 2 aromatic rings. The van der Waals surface area contributed by atoms with Crippen LogP contribution in [0.5, 0.6) is 5.75 Å². The van der Waals surface area contributed by atoms with Gasteiger partial charge in [0.15, 0.2) is 0 Å². The molecule has 0 spiro atoms. The first-order chi connectivity index (χ1) is 9.85. The number of benzene rings is 2. The van der Waals surface area contributed by atoms with E-state index in [1.165, 1.54) is 5.56 Å². The molecule has 0 aromatic heterocycles. The first-order valence-corrected chi connectivity index (χ1v) is 6.86. The standard InChI is InChI=1S/C17H21NO2/c1-20-17-10-6-5-9-15(17)13-18-16(11-12-19)14-7-3-2-4-8-14/h2-10,16,18-19H,11-13H2,1H3/t16-/m1/s1. The Labute approximate surface area is 120 Å². The summed E-state index contributed by atoms with van der Waals surface area (Å²) in [6, 6.07) is 18.3. The quantitative estimate of drug-likeness (QED) is 0.813. The van der Waals surface area contributed by atoms with Crippen molar-refractivity contribution in [2.45, 2.75) is 19.0 Å². The van der Waals surface area contributed by atoms with Crippen molar-refractivity contribution in [3.63, 3.8) is 0 Å². The number of aliphatic hydroxyl groups excluding tert-OH is 1. The van der Waals surface area contributed by atoms with Gasteiger partial charge in [0.1, 0.15) is 5.75 Å². The molecule has 1 atom stereocenters. The molecular weight excluding hydrogens is 250 g/mol. The zero-order valence-electron chi connectivity index (χ0n) is 11.8. The lowest BCUT2D eigenvalue weighted by Gasteiger charge is -2.19. The van der Waals surface area contributed by atoms with Crippen molar-refractivity contribution >= 4 is 0 Å². The van der Waals surface area contributed by atoms with Crippen LogP contribution in [0, 0.1) is 0 Å². The van der Waals surface area contributed by atoms with Gasteiger partial charge in [-0.2, -0.15) is 0 Å². The monoisotopic (exact) mass is 271 g/mol. The zero-order chi connectivity index (χ0) is 14.2. The summed E-state index contributed by atoms with van der Waals surface area (Å²) in [6.45, 7) is 0.877. The van der Waals surface area contributed by atoms with Gasteiger partial charge < -0.3 is 15.2 Å². The smallest absolute Gasteiger partial charge is 0.123 e. The first kappa shape index (κ1) is 14.6. The highest BCUT2D eigenvalue weighted by molar-refractivity contribution is 5.33. The van der Waals surface area contributed by atoms with Gasteiger partial charge >= 0.3 is 0 Å². The predicted molar refractivity (Wildman–Crippen MR) is 80.7 cm³/mol. The van der Waals surface area contributed by atoms with Crippen molar-refractivity contribution in [1.29, 1.82) is 0 Å². The first-order valence-electron chi connectivity index (χ1n) is 6.86. The Morgan fingerprint density at radius 2 is 1.75 bits per heavy atom. The summed E-state index contributed by atoms with van der Waals surface area (Å²) in [5.41, 5.74) is 2.31. The fraction of sp³-hybridized carbons (Fsp3) is 0.294. The van der Waals surface area contributed by atoms with E-state index < -0.39 is 0 Å². The van der Waals surface area contributed by atoms with Crippen LogP contribution in [0.25, 0.3) is 0 Å². The number of ether oxygens (including phenoxy) is 1. The Morgan fingerprint density at radius 1 is 1.05 bits per heavy atom. The number of hydrogen-bond acceptors (Lipinski definition) is 3. The van der Waals surface area contributed by atoms with Gasteiger partial charge in [-0.3, -0.25) is 0 Å². The minimum absolute atomic E-state index is 0.145. The Balaban J connectivity index is 2.06. The van der Waals surface area contributed by atoms with E-state index in [1.54, 1.807) is 7.11 Å². The maximum Gasteiger partial charge on any atom is 0.123 e. The number of hydrogen-bond donors (Lipinski definition) is 2. The van der Waals surface area contributed by atoms with Crippen molar-refractivity contribution < 1.29 is 9.84 Å². The molecule has 0 bridgehead atoms. The molecule has 2 rings (SSSR count). The highest BCUT2D eigenvalue weighted by atomic mass is 16.5. The second-order valence-electron chi connectivity index (χ2n) is 4.67. The Morgan fingerprint density at radius 3 is 2.45 bits per heavy atom. The van der Waals surface area contributed by atoms with Crippen molar-refractivity contribution in [1.82, 2.24) is 5.32 Å². The Bertz CT molecular complexity index is 513. The average Bonchev–Trinajstić information content (AvgIpc) is 2.52. The number of para-hydroxylation sites is 1. The van der Waals surface area contributed by atoms with E-state index in [4.69, 9.17) is 4.74 Å². The molecule has 0 heterocycles. The fourth-order valence-corrected chi connectivity index (χ4v) is 2.28. The van der Waals surface area contributed by atoms with Crippen LogP contribution in [-0.4, -0.2) is 18.8 Å². The van der Waals surface area contributed by atoms with Crippen LogP contribution in [0.3, 0.4) is 0 Å². The Kier molecular flexibility index (Phi) is 5.59. The van der Waals surface area contributed by atoms with Gasteiger partial charge in [0.2, 0.25) is 0 Å².